The Kier molecular flexibility index (Phi) is 26.6. The number of nitrogens with two attached hydrogens (primary N) is 2. The number of Topliss-reactive ketones (excluding diaryl/α,β-unsaturated/α-hetero) is 1. The summed E-state index contributed by atoms with van der Waals surface area (Å²) < 4.78 is 37.5. The number of oxime groups is 1. The first-order valence-corrected chi connectivity index (χ1v) is 22.3. The molecule has 5 heterocycles. The van der Waals surface area contributed by atoms with Crippen LogP contribution in [0.5, 0.6) is 0 Å². The van der Waals surface area contributed by atoms with Crippen molar-refractivity contribution in [2.45, 2.75) is 90.1 Å². The van der Waals surface area contributed by atoms with Crippen LogP contribution in [0.15, 0.2) is 96.8 Å². The van der Waals surface area contributed by atoms with E-state index >= 15 is 0 Å². The molecule has 0 saturated heterocycles. The Hall–Kier alpha value is -5.81. The van der Waals surface area contributed by atoms with Crippen LogP contribution in [0.25, 0.3) is 0 Å². The average molecular weight is 971 g/mol. The van der Waals surface area contributed by atoms with Crippen molar-refractivity contribution in [1.29, 1.82) is 0 Å². The summed E-state index contributed by atoms with van der Waals surface area (Å²) in [6.45, 7) is -0.491. The largest absolute Gasteiger partial charge is 0.261 e. The predicted molar refractivity (Wildman–Crippen MR) is 244 cm³/mol. The summed E-state index contributed by atoms with van der Waals surface area (Å²) in [7, 11) is 2.97. The zero-order chi connectivity index (χ0) is 46.1. The van der Waals surface area contributed by atoms with Gasteiger partial charge in [-0.2, -0.15) is 0 Å². The van der Waals surface area contributed by atoms with E-state index < -0.39 is 20.6 Å². The fourth-order valence-electron chi connectivity index (χ4n) is 7.48. The number of aryl methyl sites for hydroxylation is 6. The third-order valence-corrected chi connectivity index (χ3v) is 10.3. The van der Waals surface area contributed by atoms with Crippen molar-refractivity contribution in [3.63, 3.8) is 0 Å². The van der Waals surface area contributed by atoms with Crippen LogP contribution in [0.2, 0.25) is 0 Å². The number of aromatic nitrogens is 5. The normalized spacial score (nSPS) is 16.1. The second kappa shape index (κ2) is 31.2. The third kappa shape index (κ3) is 18.2. The van der Waals surface area contributed by atoms with Gasteiger partial charge in [0.2, 0.25) is 0 Å². The van der Waals surface area contributed by atoms with Crippen LogP contribution in [-0.4, -0.2) is 69.9 Å². The molecule has 2 amide bonds. The van der Waals surface area contributed by atoms with Crippen molar-refractivity contribution in [3.8, 4) is 0 Å². The van der Waals surface area contributed by atoms with Gasteiger partial charge in [0.05, 0.1) is 24.6 Å². The molecule has 20 heteroatoms. The molecular formula is C46H60ClCrFN10O7. The maximum atomic E-state index is 11.9. The Balaban J connectivity index is 0.000000275. The Labute approximate surface area is 395 Å². The summed E-state index contributed by atoms with van der Waals surface area (Å²) in [5.41, 5.74) is 18.2. The smallest absolute Gasteiger partial charge is 0.0435 e. The van der Waals surface area contributed by atoms with Crippen molar-refractivity contribution < 1.29 is 49.0 Å². The van der Waals surface area contributed by atoms with E-state index in [2.05, 4.69) is 63.6 Å². The van der Waals surface area contributed by atoms with E-state index in [1.54, 1.807) is 19.5 Å². The molecule has 10 rings (SSSR count). The van der Waals surface area contributed by atoms with Gasteiger partial charge < -0.3 is 26.0 Å². The number of amides is 2. The third-order valence-electron chi connectivity index (χ3n) is 10.3. The first kappa shape index (κ1) is 56.3. The maximum Gasteiger partial charge on any atom is 0.0435 e. The van der Waals surface area contributed by atoms with E-state index in [9.17, 15) is 14.0 Å². The molecule has 0 bridgehead atoms. The first-order chi connectivity index (χ1) is 31.1. The number of nitrogens with one attached hydrogen (secondary N) is 2. The number of hydrogen-bond acceptors (Lipinski definition) is 15. The number of alkyl halides is 1. The zero-order valence-corrected chi connectivity index (χ0v) is 38.5. The minimum atomic E-state index is -3.79. The number of nitrogens with zero attached hydrogens (tertiary/aromatic N) is 6. The molecule has 5 aliphatic carbocycles. The second-order valence-corrected chi connectivity index (χ2v) is 15.1. The number of urea groups is 1. The number of carbonyl (C=O) groups excluding carboxylic acids is 2. The molecule has 5 aliphatic rings. The topological polar surface area (TPSA) is 257 Å². The predicted octanol–water partition coefficient (Wildman–Crippen LogP) is 6.73. The van der Waals surface area contributed by atoms with Crippen LogP contribution in [0, 0.1) is 0 Å². The van der Waals surface area contributed by atoms with Crippen molar-refractivity contribution >= 4 is 29.9 Å². The summed E-state index contributed by atoms with van der Waals surface area (Å²) in [6.07, 6.45) is 20.0. The molecular weight excluding hydrogens is 911 g/mol. The Morgan fingerprint density at radius 1 is 0.727 bits per heavy atom. The number of rotatable bonds is 4. The van der Waals surface area contributed by atoms with Gasteiger partial charge in [0.1, 0.15) is 13.8 Å². The SMILES string of the molecule is C.CO/N=C1\CCc2ncccc21.CON.Cl.NC1CCc2ncccc21.O=C(NCCF)NC1CCc2ncccc21.O=C1CCc2ncccc21.[O]=[Cr](=[O])=[O].c1cnc2c(c1)CCC2. The molecule has 2 unspecified atom stereocenters. The quantitative estimate of drug-likeness (QED) is 0.136. The molecule has 356 valence electrons. The number of pyridine rings is 5. The number of hydrogen-bond donors (Lipinski definition) is 4. The summed E-state index contributed by atoms with van der Waals surface area (Å²) >= 11 is -3.79. The molecule has 0 aromatic carbocycles. The summed E-state index contributed by atoms with van der Waals surface area (Å²) in [5, 5.41) is 9.20. The minimum Gasteiger partial charge on any atom is -0.261 e. The van der Waals surface area contributed by atoms with E-state index in [-0.39, 0.29) is 50.3 Å². The Morgan fingerprint density at radius 3 is 1.83 bits per heavy atom. The van der Waals surface area contributed by atoms with E-state index in [0.29, 0.717) is 6.42 Å². The van der Waals surface area contributed by atoms with Crippen molar-refractivity contribution in [2.75, 3.05) is 27.4 Å². The van der Waals surface area contributed by atoms with E-state index in [1.807, 2.05) is 67.1 Å². The molecule has 0 spiro atoms. The molecule has 0 radical (unpaired) electrons. The van der Waals surface area contributed by atoms with E-state index in [1.165, 1.54) is 48.9 Å². The Morgan fingerprint density at radius 2 is 1.24 bits per heavy atom. The number of ketones is 1. The van der Waals surface area contributed by atoms with E-state index in [4.69, 9.17) is 22.0 Å². The number of halogens is 2. The fraction of sp³-hybridized carbons (Fsp3) is 0.391. The van der Waals surface area contributed by atoms with Gasteiger partial charge in [-0.15, -0.1) is 12.4 Å². The fourth-order valence-corrected chi connectivity index (χ4v) is 7.48. The van der Waals surface area contributed by atoms with Crippen molar-refractivity contribution in [3.05, 3.63) is 148 Å². The van der Waals surface area contributed by atoms with Crippen LogP contribution in [0.3, 0.4) is 0 Å². The van der Waals surface area contributed by atoms with Crippen LogP contribution in [0.4, 0.5) is 9.18 Å². The van der Waals surface area contributed by atoms with Gasteiger partial charge in [-0.05, 0) is 123 Å². The van der Waals surface area contributed by atoms with Gasteiger partial charge in [-0.3, -0.25) is 29.7 Å². The van der Waals surface area contributed by atoms with E-state index in [0.717, 1.165) is 84.4 Å². The summed E-state index contributed by atoms with van der Waals surface area (Å²) in [4.78, 5) is 52.0. The molecule has 5 aromatic heterocycles. The second-order valence-electron chi connectivity index (χ2n) is 14.4. The Bertz CT molecular complexity index is 2390. The van der Waals surface area contributed by atoms with Gasteiger partial charge in [0.15, 0.2) is 5.78 Å². The van der Waals surface area contributed by atoms with Crippen LogP contribution in [0.1, 0.15) is 113 Å². The van der Waals surface area contributed by atoms with Crippen LogP contribution < -0.4 is 22.3 Å². The van der Waals surface area contributed by atoms with Gasteiger partial charge in [0.25, 0.3) is 0 Å². The molecule has 2 atom stereocenters. The van der Waals surface area contributed by atoms with Gasteiger partial charge in [-0.25, -0.2) is 15.1 Å². The van der Waals surface area contributed by atoms with Crippen molar-refractivity contribution in [2.24, 2.45) is 16.8 Å². The van der Waals surface area contributed by atoms with Crippen LogP contribution >= 0.6 is 12.4 Å². The molecule has 6 N–H and O–H groups in total. The summed E-state index contributed by atoms with van der Waals surface area (Å²) in [6, 6.07) is 19.6. The molecule has 66 heavy (non-hydrogen) atoms. The monoisotopic (exact) mass is 970 g/mol. The van der Waals surface area contributed by atoms with Crippen molar-refractivity contribution in [1.82, 2.24) is 35.6 Å². The molecule has 0 aliphatic heterocycles. The minimum absolute atomic E-state index is 0. The standard InChI is InChI=1S/C11H14FN3O.C9H10N2O.C8H10N2.C8H7NO.C8H9N.CH5NO.CH4.ClH.Cr.3O/c12-5-7-14-11(16)15-10-4-3-9-8(10)2-1-6-13-9;1-12-11-9-5-4-8-7(9)3-2-6-10-8;9-7-3-4-8-6(7)2-1-5-10-8;10-8-4-3-7-6(8)2-1-5-9-7;1-3-7-4-2-6-9-8(7)5-1;1-3-2;;;;;;/h1-2,6,10H,3-5,7H2,(H2,14,15,16);2-3,6H,4-5H2,1H3;1-2,5,7H,3-4,9H2;1-2,5H,3-4H2;2,4,6H,1,3,5H2;2H2,1H3;1H4;1H;;;;/b;11-9+;;;;;;;;;;. The van der Waals surface area contributed by atoms with Crippen LogP contribution in [-0.2, 0) is 73.6 Å². The first-order valence-electron chi connectivity index (χ1n) is 20.8. The molecule has 5 aromatic rings. The summed E-state index contributed by atoms with van der Waals surface area (Å²) in [5.74, 6) is 4.59. The molecule has 0 saturated carbocycles. The number of fused-ring (bicyclic) bond motifs is 5. The molecule has 0 fully saturated rings. The van der Waals surface area contributed by atoms with Gasteiger partial charge in [-0.1, -0.05) is 30.8 Å². The van der Waals surface area contributed by atoms with Gasteiger partial charge >= 0.3 is 31.4 Å². The average Bonchev–Trinajstić information content (AvgIpc) is 4.17. The van der Waals surface area contributed by atoms with Gasteiger partial charge in [0, 0.05) is 83.9 Å². The molecule has 17 nitrogen and oxygen atoms in total. The maximum absolute atomic E-state index is 11.9. The number of carbonyl (C=O) groups is 2. The zero-order valence-electron chi connectivity index (χ0n) is 36.4.